The van der Waals surface area contributed by atoms with Gasteiger partial charge in [0.25, 0.3) is 0 Å². The maximum absolute atomic E-state index is 12.0. The number of hydrogen-bond acceptors (Lipinski definition) is 2. The van der Waals surface area contributed by atoms with Gasteiger partial charge in [-0.05, 0) is 37.3 Å². The van der Waals surface area contributed by atoms with Crippen molar-refractivity contribution in [3.8, 4) is 0 Å². The van der Waals surface area contributed by atoms with E-state index in [0.717, 1.165) is 24.2 Å². The lowest BCUT2D eigenvalue weighted by Gasteiger charge is -2.22. The third kappa shape index (κ3) is 1.42. The summed E-state index contributed by atoms with van der Waals surface area (Å²) in [4.78, 5) is 18.3. The van der Waals surface area contributed by atoms with Gasteiger partial charge < -0.3 is 0 Å². The van der Waals surface area contributed by atoms with Gasteiger partial charge in [-0.2, -0.15) is 0 Å². The Kier molecular flexibility index (Phi) is 2.20. The first kappa shape index (κ1) is 9.82. The second-order valence-corrected chi connectivity index (χ2v) is 4.92. The van der Waals surface area contributed by atoms with Gasteiger partial charge in [-0.15, -0.1) is 0 Å². The lowest BCUT2D eigenvalue weighted by Crippen LogP contribution is -2.33. The summed E-state index contributed by atoms with van der Waals surface area (Å²) in [5.41, 5.74) is 1.14. The van der Waals surface area contributed by atoms with E-state index < -0.39 is 0 Å². The van der Waals surface area contributed by atoms with Crippen molar-refractivity contribution in [1.82, 2.24) is 4.98 Å². The van der Waals surface area contributed by atoms with Crippen molar-refractivity contribution in [3.05, 3.63) is 23.9 Å². The van der Waals surface area contributed by atoms with E-state index >= 15 is 0 Å². The predicted octanol–water partition coefficient (Wildman–Crippen LogP) is 2.30. The molecule has 0 aromatic carbocycles. The molecule has 1 aliphatic carbocycles. The molecule has 1 saturated carbocycles. The standard InChI is InChI=1S/C13H16N2O/c1-9-5-6-12(14-8-9)15-11-4-2-3-10(11)7-13(15)16/h5-6,8,10-11H,2-4,7H2,1H3. The average Bonchev–Trinajstić information content (AvgIpc) is 2.79. The summed E-state index contributed by atoms with van der Waals surface area (Å²) in [6, 6.07) is 4.41. The van der Waals surface area contributed by atoms with Crippen molar-refractivity contribution in [3.63, 3.8) is 0 Å². The van der Waals surface area contributed by atoms with E-state index in [1.807, 2.05) is 30.2 Å². The van der Waals surface area contributed by atoms with Crippen LogP contribution in [0.2, 0.25) is 0 Å². The van der Waals surface area contributed by atoms with Crippen LogP contribution in [0.3, 0.4) is 0 Å². The van der Waals surface area contributed by atoms with Crippen LogP contribution in [0.5, 0.6) is 0 Å². The van der Waals surface area contributed by atoms with Gasteiger partial charge in [-0.3, -0.25) is 9.69 Å². The van der Waals surface area contributed by atoms with Gasteiger partial charge >= 0.3 is 0 Å². The van der Waals surface area contributed by atoms with Crippen LogP contribution in [0.25, 0.3) is 0 Å². The number of carbonyl (C=O) groups is 1. The fourth-order valence-electron chi connectivity index (χ4n) is 3.00. The van der Waals surface area contributed by atoms with Crippen molar-refractivity contribution in [2.24, 2.45) is 5.92 Å². The smallest absolute Gasteiger partial charge is 0.228 e. The van der Waals surface area contributed by atoms with E-state index in [2.05, 4.69) is 4.98 Å². The molecule has 0 spiro atoms. The van der Waals surface area contributed by atoms with Crippen LogP contribution in [0.4, 0.5) is 5.82 Å². The number of fused-ring (bicyclic) bond motifs is 1. The number of aromatic nitrogens is 1. The SMILES string of the molecule is Cc1ccc(N2C(=O)CC3CCCC32)nc1. The van der Waals surface area contributed by atoms with Gasteiger partial charge in [0.1, 0.15) is 5.82 Å². The first-order valence-corrected chi connectivity index (χ1v) is 6.00. The van der Waals surface area contributed by atoms with Crippen molar-refractivity contribution in [2.75, 3.05) is 4.90 Å². The Labute approximate surface area is 95.5 Å². The minimum absolute atomic E-state index is 0.256. The van der Waals surface area contributed by atoms with Crippen molar-refractivity contribution < 1.29 is 4.79 Å². The highest BCUT2D eigenvalue weighted by Gasteiger charge is 2.43. The van der Waals surface area contributed by atoms with Gasteiger partial charge in [0.05, 0.1) is 0 Å². The van der Waals surface area contributed by atoms with Crippen molar-refractivity contribution in [1.29, 1.82) is 0 Å². The van der Waals surface area contributed by atoms with Crippen LogP contribution in [0, 0.1) is 12.8 Å². The molecule has 2 unspecified atom stereocenters. The first-order valence-electron chi connectivity index (χ1n) is 6.00. The van der Waals surface area contributed by atoms with Crippen LogP contribution in [-0.4, -0.2) is 16.9 Å². The van der Waals surface area contributed by atoms with E-state index in [9.17, 15) is 4.79 Å². The fourth-order valence-corrected chi connectivity index (χ4v) is 3.00. The number of amides is 1. The van der Waals surface area contributed by atoms with Crippen LogP contribution in [-0.2, 0) is 4.79 Å². The highest BCUT2D eigenvalue weighted by molar-refractivity contribution is 5.95. The topological polar surface area (TPSA) is 33.2 Å². The molecule has 84 valence electrons. The lowest BCUT2D eigenvalue weighted by atomic mass is 10.0. The van der Waals surface area contributed by atoms with Gasteiger partial charge in [-0.1, -0.05) is 12.5 Å². The molecule has 16 heavy (non-hydrogen) atoms. The molecule has 3 rings (SSSR count). The van der Waals surface area contributed by atoms with E-state index in [4.69, 9.17) is 0 Å². The number of anilines is 1. The molecule has 3 heteroatoms. The maximum Gasteiger partial charge on any atom is 0.228 e. The molecule has 2 heterocycles. The summed E-state index contributed by atoms with van der Waals surface area (Å²) in [6.45, 7) is 2.01. The third-order valence-electron chi connectivity index (χ3n) is 3.80. The highest BCUT2D eigenvalue weighted by Crippen LogP contribution is 2.40. The van der Waals surface area contributed by atoms with Gasteiger partial charge in [0.2, 0.25) is 5.91 Å². The lowest BCUT2D eigenvalue weighted by molar-refractivity contribution is -0.117. The number of nitrogens with zero attached hydrogens (tertiary/aromatic N) is 2. The Morgan fingerprint density at radius 3 is 3.00 bits per heavy atom. The van der Waals surface area contributed by atoms with E-state index in [0.29, 0.717) is 12.0 Å². The predicted molar refractivity (Wildman–Crippen MR) is 62.2 cm³/mol. The van der Waals surface area contributed by atoms with Crippen LogP contribution in [0.15, 0.2) is 18.3 Å². The van der Waals surface area contributed by atoms with Gasteiger partial charge in [0, 0.05) is 18.7 Å². The number of aryl methyl sites for hydroxylation is 1. The average molecular weight is 216 g/mol. The summed E-state index contributed by atoms with van der Waals surface area (Å²) in [5, 5.41) is 0. The Bertz CT molecular complexity index is 412. The van der Waals surface area contributed by atoms with Crippen LogP contribution >= 0.6 is 0 Å². The summed E-state index contributed by atoms with van der Waals surface area (Å²) in [7, 11) is 0. The second kappa shape index (κ2) is 3.58. The zero-order valence-electron chi connectivity index (χ0n) is 9.52. The molecular weight excluding hydrogens is 200 g/mol. The second-order valence-electron chi connectivity index (χ2n) is 4.92. The molecule has 2 aliphatic rings. The molecule has 1 aliphatic heterocycles. The summed E-state index contributed by atoms with van der Waals surface area (Å²) < 4.78 is 0. The number of hydrogen-bond donors (Lipinski definition) is 0. The molecule has 1 aromatic rings. The molecule has 2 atom stereocenters. The summed E-state index contributed by atoms with van der Waals surface area (Å²) in [5.74, 6) is 1.67. The molecule has 2 fully saturated rings. The van der Waals surface area contributed by atoms with E-state index in [-0.39, 0.29) is 5.91 Å². The largest absolute Gasteiger partial charge is 0.293 e. The first-order chi connectivity index (χ1) is 7.75. The number of pyridine rings is 1. The Morgan fingerprint density at radius 1 is 1.38 bits per heavy atom. The molecule has 0 radical (unpaired) electrons. The highest BCUT2D eigenvalue weighted by atomic mass is 16.2. The molecular formula is C13H16N2O. The Balaban J connectivity index is 1.93. The minimum Gasteiger partial charge on any atom is -0.293 e. The van der Waals surface area contributed by atoms with E-state index in [1.165, 1.54) is 12.8 Å². The van der Waals surface area contributed by atoms with Crippen molar-refractivity contribution in [2.45, 2.75) is 38.6 Å². The zero-order valence-corrected chi connectivity index (χ0v) is 9.52. The Hall–Kier alpha value is -1.38. The monoisotopic (exact) mass is 216 g/mol. The zero-order chi connectivity index (χ0) is 11.1. The van der Waals surface area contributed by atoms with Crippen LogP contribution in [0.1, 0.15) is 31.2 Å². The van der Waals surface area contributed by atoms with Gasteiger partial charge in [0.15, 0.2) is 0 Å². The quantitative estimate of drug-likeness (QED) is 0.721. The molecule has 3 nitrogen and oxygen atoms in total. The maximum atomic E-state index is 12.0. The molecule has 0 N–H and O–H groups in total. The molecule has 1 saturated heterocycles. The van der Waals surface area contributed by atoms with Gasteiger partial charge in [-0.25, -0.2) is 4.98 Å². The third-order valence-corrected chi connectivity index (χ3v) is 3.80. The fraction of sp³-hybridized carbons (Fsp3) is 0.538. The van der Waals surface area contributed by atoms with Crippen LogP contribution < -0.4 is 4.90 Å². The molecule has 1 amide bonds. The summed E-state index contributed by atoms with van der Waals surface area (Å²) >= 11 is 0. The molecule has 1 aromatic heterocycles. The summed E-state index contributed by atoms with van der Waals surface area (Å²) in [6.07, 6.45) is 6.17. The molecule has 0 bridgehead atoms. The van der Waals surface area contributed by atoms with Crippen molar-refractivity contribution >= 4 is 11.7 Å². The normalized spacial score (nSPS) is 28.6. The number of rotatable bonds is 1. The number of carbonyl (C=O) groups excluding carboxylic acids is 1. The van der Waals surface area contributed by atoms with E-state index in [1.54, 1.807) is 0 Å². The Morgan fingerprint density at radius 2 is 2.25 bits per heavy atom. The minimum atomic E-state index is 0.256.